The van der Waals surface area contributed by atoms with Gasteiger partial charge in [0.05, 0.1) is 5.69 Å². The van der Waals surface area contributed by atoms with Crippen molar-refractivity contribution in [3.63, 3.8) is 0 Å². The highest BCUT2D eigenvalue weighted by Crippen LogP contribution is 2.27. The van der Waals surface area contributed by atoms with E-state index in [-0.39, 0.29) is 18.9 Å². The monoisotopic (exact) mass is 409 g/mol. The van der Waals surface area contributed by atoms with Gasteiger partial charge >= 0.3 is 6.09 Å². The summed E-state index contributed by atoms with van der Waals surface area (Å²) >= 11 is 1.40. The molecule has 1 heterocycles. The van der Waals surface area contributed by atoms with Gasteiger partial charge in [0.15, 0.2) is 5.13 Å². The number of aromatic nitrogens is 1. The Balaban J connectivity index is 1.35. The molecule has 29 heavy (non-hydrogen) atoms. The summed E-state index contributed by atoms with van der Waals surface area (Å²) in [6.45, 7) is 2.62. The molecule has 3 rings (SSSR count). The van der Waals surface area contributed by atoms with Crippen LogP contribution in [0.1, 0.15) is 24.0 Å². The standard InChI is InChI=1S/C22H23N3O3S/c1-16-8-5-6-11-18(16)19-15-29-21(24-19)25-20(26)12-7-13-23-22(27)28-14-17-9-3-2-4-10-17/h2-6,8-11,15H,7,12-14H2,1H3,(H,23,27)(H,24,25,26). The van der Waals surface area contributed by atoms with Gasteiger partial charge in [0, 0.05) is 23.9 Å². The maximum atomic E-state index is 12.1. The van der Waals surface area contributed by atoms with Crippen LogP contribution in [-0.2, 0) is 16.1 Å². The Bertz CT molecular complexity index is 957. The van der Waals surface area contributed by atoms with Gasteiger partial charge < -0.3 is 15.4 Å². The minimum atomic E-state index is -0.489. The zero-order chi connectivity index (χ0) is 20.5. The first-order valence-corrected chi connectivity index (χ1v) is 10.3. The summed E-state index contributed by atoms with van der Waals surface area (Å²) in [5.41, 5.74) is 3.98. The molecule has 0 radical (unpaired) electrons. The van der Waals surface area contributed by atoms with E-state index >= 15 is 0 Å². The van der Waals surface area contributed by atoms with E-state index in [1.54, 1.807) is 0 Å². The Hall–Kier alpha value is -3.19. The second-order valence-electron chi connectivity index (χ2n) is 6.49. The molecule has 2 N–H and O–H groups in total. The van der Waals surface area contributed by atoms with Crippen molar-refractivity contribution in [2.24, 2.45) is 0 Å². The van der Waals surface area contributed by atoms with Crippen molar-refractivity contribution in [1.29, 1.82) is 0 Å². The van der Waals surface area contributed by atoms with Crippen molar-refractivity contribution in [1.82, 2.24) is 10.3 Å². The zero-order valence-corrected chi connectivity index (χ0v) is 17.0. The maximum Gasteiger partial charge on any atom is 0.407 e. The van der Waals surface area contributed by atoms with Crippen LogP contribution in [0.25, 0.3) is 11.3 Å². The van der Waals surface area contributed by atoms with Crippen molar-refractivity contribution in [2.45, 2.75) is 26.4 Å². The molecule has 6 nitrogen and oxygen atoms in total. The molecule has 0 atom stereocenters. The Morgan fingerprint density at radius 1 is 1.07 bits per heavy atom. The molecule has 0 fully saturated rings. The highest BCUT2D eigenvalue weighted by atomic mass is 32.1. The van der Waals surface area contributed by atoms with Gasteiger partial charge in [-0.25, -0.2) is 9.78 Å². The molecule has 2 aromatic carbocycles. The molecule has 0 aliphatic heterocycles. The van der Waals surface area contributed by atoms with Crippen LogP contribution in [-0.4, -0.2) is 23.5 Å². The van der Waals surface area contributed by atoms with Crippen LogP contribution in [0.5, 0.6) is 0 Å². The van der Waals surface area contributed by atoms with E-state index in [0.717, 1.165) is 22.4 Å². The Morgan fingerprint density at radius 2 is 1.83 bits per heavy atom. The topological polar surface area (TPSA) is 80.3 Å². The molecule has 0 bridgehead atoms. The average Bonchev–Trinajstić information content (AvgIpc) is 3.19. The SMILES string of the molecule is Cc1ccccc1-c1csc(NC(=O)CCCNC(=O)OCc2ccccc2)n1. The number of rotatable bonds is 8. The first-order valence-electron chi connectivity index (χ1n) is 9.38. The molecular weight excluding hydrogens is 386 g/mol. The minimum Gasteiger partial charge on any atom is -0.445 e. The average molecular weight is 410 g/mol. The predicted molar refractivity (Wildman–Crippen MR) is 115 cm³/mol. The molecule has 1 aromatic heterocycles. The van der Waals surface area contributed by atoms with E-state index in [2.05, 4.69) is 15.6 Å². The fraction of sp³-hybridized carbons (Fsp3) is 0.227. The van der Waals surface area contributed by atoms with Crippen molar-refractivity contribution >= 4 is 28.5 Å². The van der Waals surface area contributed by atoms with Gasteiger partial charge in [0.1, 0.15) is 6.61 Å². The van der Waals surface area contributed by atoms with Crippen molar-refractivity contribution < 1.29 is 14.3 Å². The number of aryl methyl sites for hydroxylation is 1. The number of hydrogen-bond donors (Lipinski definition) is 2. The highest BCUT2D eigenvalue weighted by Gasteiger charge is 2.10. The number of ether oxygens (including phenoxy) is 1. The fourth-order valence-electron chi connectivity index (χ4n) is 2.71. The molecular formula is C22H23N3O3S. The molecule has 7 heteroatoms. The summed E-state index contributed by atoms with van der Waals surface area (Å²) < 4.78 is 5.13. The first kappa shape index (κ1) is 20.5. The third kappa shape index (κ3) is 6.43. The van der Waals surface area contributed by atoms with Crippen LogP contribution in [0.15, 0.2) is 60.0 Å². The summed E-state index contributed by atoms with van der Waals surface area (Å²) in [6.07, 6.45) is 0.317. The lowest BCUT2D eigenvalue weighted by Crippen LogP contribution is -2.26. The third-order valence-corrected chi connectivity index (χ3v) is 4.99. The lowest BCUT2D eigenvalue weighted by atomic mass is 10.1. The lowest BCUT2D eigenvalue weighted by molar-refractivity contribution is -0.116. The summed E-state index contributed by atoms with van der Waals surface area (Å²) in [6, 6.07) is 17.5. The van der Waals surface area contributed by atoms with Crippen LogP contribution in [0.3, 0.4) is 0 Å². The Labute approximate surface area is 173 Å². The number of nitrogens with zero attached hydrogens (tertiary/aromatic N) is 1. The second-order valence-corrected chi connectivity index (χ2v) is 7.35. The van der Waals surface area contributed by atoms with Crippen LogP contribution in [0.4, 0.5) is 9.93 Å². The number of anilines is 1. The van der Waals surface area contributed by atoms with E-state index in [0.29, 0.717) is 18.1 Å². The van der Waals surface area contributed by atoms with Crippen molar-refractivity contribution in [3.05, 3.63) is 71.1 Å². The first-order chi connectivity index (χ1) is 14.1. The summed E-state index contributed by atoms with van der Waals surface area (Å²) in [5.74, 6) is -0.130. The number of carbonyl (C=O) groups excluding carboxylic acids is 2. The number of carbonyl (C=O) groups is 2. The molecule has 3 aromatic rings. The van der Waals surface area contributed by atoms with Gasteiger partial charge in [0.2, 0.25) is 5.91 Å². The van der Waals surface area contributed by atoms with Gasteiger partial charge in [-0.1, -0.05) is 54.6 Å². The molecule has 0 aliphatic carbocycles. The lowest BCUT2D eigenvalue weighted by Gasteiger charge is -2.07. The molecule has 0 aliphatic rings. The molecule has 0 unspecified atom stereocenters. The molecule has 0 saturated carbocycles. The molecule has 0 spiro atoms. The van der Waals surface area contributed by atoms with Crippen molar-refractivity contribution in [3.8, 4) is 11.3 Å². The van der Waals surface area contributed by atoms with E-state index in [1.165, 1.54) is 11.3 Å². The number of thiazole rings is 1. The summed E-state index contributed by atoms with van der Waals surface area (Å²) in [4.78, 5) is 28.3. The van der Waals surface area contributed by atoms with E-state index in [4.69, 9.17) is 4.74 Å². The van der Waals surface area contributed by atoms with Crippen LogP contribution < -0.4 is 10.6 Å². The smallest absolute Gasteiger partial charge is 0.407 e. The summed E-state index contributed by atoms with van der Waals surface area (Å²) in [5, 5.41) is 7.97. The normalized spacial score (nSPS) is 10.4. The number of hydrogen-bond acceptors (Lipinski definition) is 5. The number of alkyl carbamates (subject to hydrolysis) is 1. The second kappa shape index (κ2) is 10.4. The highest BCUT2D eigenvalue weighted by molar-refractivity contribution is 7.14. The van der Waals surface area contributed by atoms with Crippen molar-refractivity contribution in [2.75, 3.05) is 11.9 Å². The van der Waals surface area contributed by atoms with Gasteiger partial charge in [-0.15, -0.1) is 11.3 Å². The van der Waals surface area contributed by atoms with Gasteiger partial charge in [-0.3, -0.25) is 4.79 Å². The Morgan fingerprint density at radius 3 is 2.62 bits per heavy atom. The van der Waals surface area contributed by atoms with Crippen LogP contribution >= 0.6 is 11.3 Å². The van der Waals surface area contributed by atoms with E-state index < -0.39 is 6.09 Å². The fourth-order valence-corrected chi connectivity index (χ4v) is 3.44. The quantitative estimate of drug-likeness (QED) is 0.526. The number of nitrogens with one attached hydrogen (secondary N) is 2. The van der Waals surface area contributed by atoms with Crippen LogP contribution in [0.2, 0.25) is 0 Å². The number of amides is 2. The molecule has 150 valence electrons. The van der Waals surface area contributed by atoms with Gasteiger partial charge in [0.25, 0.3) is 0 Å². The zero-order valence-electron chi connectivity index (χ0n) is 16.2. The molecule has 0 saturated heterocycles. The van der Waals surface area contributed by atoms with E-state index in [1.807, 2.05) is 66.9 Å². The number of benzene rings is 2. The molecule has 2 amide bonds. The van der Waals surface area contributed by atoms with E-state index in [9.17, 15) is 9.59 Å². The largest absolute Gasteiger partial charge is 0.445 e. The summed E-state index contributed by atoms with van der Waals surface area (Å²) in [7, 11) is 0. The van der Waals surface area contributed by atoms with Crippen LogP contribution in [0, 0.1) is 6.92 Å². The Kier molecular flexibility index (Phi) is 7.35. The van der Waals surface area contributed by atoms with Gasteiger partial charge in [-0.2, -0.15) is 0 Å². The minimum absolute atomic E-state index is 0.130. The third-order valence-electron chi connectivity index (χ3n) is 4.23. The van der Waals surface area contributed by atoms with Gasteiger partial charge in [-0.05, 0) is 24.5 Å². The maximum absolute atomic E-state index is 12.1. The predicted octanol–water partition coefficient (Wildman–Crippen LogP) is 4.76.